The zero-order valence-corrected chi connectivity index (χ0v) is 20.2. The number of allylic oxidation sites excluding steroid dienone is 1. The molecule has 0 saturated heterocycles. The Balaban J connectivity index is 2.13. The standard InChI is InChI=1S/C25H30N2O5S/c1-5-6-14-31-20-10-7-9-19(16-20)27-24(28)18-32-23-12-11-21(17-22(23)25(2,3)4)33(29,30)15-8-13-26/h7-12,15-17H,5-6,14,18H2,1-4H3,(H,27,28)/b15-8+. The lowest BCUT2D eigenvalue weighted by molar-refractivity contribution is -0.118. The van der Waals surface area contributed by atoms with E-state index in [1.165, 1.54) is 18.2 Å². The molecule has 33 heavy (non-hydrogen) atoms. The number of nitrogens with zero attached hydrogens (tertiary/aromatic N) is 1. The van der Waals surface area contributed by atoms with E-state index in [2.05, 4.69) is 12.2 Å². The van der Waals surface area contributed by atoms with Crippen molar-refractivity contribution < 1.29 is 22.7 Å². The van der Waals surface area contributed by atoms with Crippen LogP contribution in [0.4, 0.5) is 5.69 Å². The summed E-state index contributed by atoms with van der Waals surface area (Å²) in [6.45, 7) is 8.21. The molecule has 0 unspecified atom stereocenters. The fraction of sp³-hybridized carbons (Fsp3) is 0.360. The number of unbranched alkanes of at least 4 members (excludes halogenated alkanes) is 1. The van der Waals surface area contributed by atoms with Crippen molar-refractivity contribution in [3.05, 3.63) is 59.5 Å². The van der Waals surface area contributed by atoms with Crippen molar-refractivity contribution in [3.8, 4) is 17.6 Å². The molecule has 0 aliphatic carbocycles. The number of carbonyl (C=O) groups is 1. The van der Waals surface area contributed by atoms with Gasteiger partial charge in [-0.3, -0.25) is 4.79 Å². The summed E-state index contributed by atoms with van der Waals surface area (Å²) in [6, 6.07) is 13.3. The summed E-state index contributed by atoms with van der Waals surface area (Å²) >= 11 is 0. The molecule has 0 saturated carbocycles. The minimum atomic E-state index is -3.76. The third-order valence-corrected chi connectivity index (χ3v) is 6.06. The summed E-state index contributed by atoms with van der Waals surface area (Å²) in [5, 5.41) is 12.3. The van der Waals surface area contributed by atoms with Gasteiger partial charge in [-0.05, 0) is 42.2 Å². The highest BCUT2D eigenvalue weighted by molar-refractivity contribution is 7.94. The third kappa shape index (κ3) is 7.95. The van der Waals surface area contributed by atoms with E-state index < -0.39 is 15.3 Å². The van der Waals surface area contributed by atoms with Crippen LogP contribution in [0.25, 0.3) is 0 Å². The highest BCUT2D eigenvalue weighted by atomic mass is 32.2. The Morgan fingerprint density at radius 2 is 1.91 bits per heavy atom. The second-order valence-electron chi connectivity index (χ2n) is 8.45. The number of nitrogens with one attached hydrogen (secondary N) is 1. The maximum atomic E-state index is 12.5. The predicted molar refractivity (Wildman–Crippen MR) is 128 cm³/mol. The lowest BCUT2D eigenvalue weighted by Crippen LogP contribution is -2.22. The number of rotatable bonds is 10. The van der Waals surface area contributed by atoms with Crippen molar-refractivity contribution in [1.29, 1.82) is 5.26 Å². The number of ether oxygens (including phenoxy) is 2. The summed E-state index contributed by atoms with van der Waals surface area (Å²) in [5.74, 6) is 0.742. The first-order valence-electron chi connectivity index (χ1n) is 10.7. The smallest absolute Gasteiger partial charge is 0.262 e. The van der Waals surface area contributed by atoms with Gasteiger partial charge in [-0.1, -0.05) is 40.2 Å². The SMILES string of the molecule is CCCCOc1cccc(NC(=O)COc2ccc(S(=O)(=O)/C=C/C#N)cc2C(C)(C)C)c1. The minimum Gasteiger partial charge on any atom is -0.494 e. The third-order valence-electron chi connectivity index (χ3n) is 4.65. The van der Waals surface area contributed by atoms with Crippen LogP contribution in [-0.4, -0.2) is 27.5 Å². The van der Waals surface area contributed by atoms with Crippen LogP contribution < -0.4 is 14.8 Å². The number of sulfone groups is 1. The molecule has 2 aromatic rings. The average molecular weight is 471 g/mol. The maximum Gasteiger partial charge on any atom is 0.262 e. The van der Waals surface area contributed by atoms with E-state index in [0.717, 1.165) is 24.3 Å². The van der Waals surface area contributed by atoms with Crippen LogP contribution in [0.3, 0.4) is 0 Å². The van der Waals surface area contributed by atoms with Gasteiger partial charge in [-0.25, -0.2) is 8.42 Å². The van der Waals surface area contributed by atoms with Crippen LogP contribution in [0.5, 0.6) is 11.5 Å². The van der Waals surface area contributed by atoms with Crippen molar-refractivity contribution in [2.75, 3.05) is 18.5 Å². The number of amides is 1. The average Bonchev–Trinajstić information content (AvgIpc) is 2.76. The first kappa shape index (κ1) is 25.9. The van der Waals surface area contributed by atoms with Crippen molar-refractivity contribution in [1.82, 2.24) is 0 Å². The topological polar surface area (TPSA) is 105 Å². The van der Waals surface area contributed by atoms with Gasteiger partial charge in [0.1, 0.15) is 11.5 Å². The molecule has 1 N–H and O–H groups in total. The summed E-state index contributed by atoms with van der Waals surface area (Å²) in [7, 11) is -3.76. The van der Waals surface area contributed by atoms with Gasteiger partial charge in [0.05, 0.1) is 17.6 Å². The van der Waals surface area contributed by atoms with Crippen LogP contribution in [0.2, 0.25) is 0 Å². The van der Waals surface area contributed by atoms with Gasteiger partial charge in [-0.2, -0.15) is 5.26 Å². The van der Waals surface area contributed by atoms with Crippen LogP contribution in [0.1, 0.15) is 46.1 Å². The largest absolute Gasteiger partial charge is 0.494 e. The Bertz CT molecular complexity index is 1140. The molecule has 0 radical (unpaired) electrons. The van der Waals surface area contributed by atoms with Crippen LogP contribution in [0, 0.1) is 11.3 Å². The van der Waals surface area contributed by atoms with Crippen LogP contribution in [0.15, 0.2) is 58.8 Å². The van der Waals surface area contributed by atoms with E-state index in [4.69, 9.17) is 14.7 Å². The molecular weight excluding hydrogens is 440 g/mol. The Labute approximate surface area is 195 Å². The molecule has 0 heterocycles. The number of hydrogen-bond acceptors (Lipinski definition) is 6. The van der Waals surface area contributed by atoms with Crippen LogP contribution in [-0.2, 0) is 20.0 Å². The fourth-order valence-electron chi connectivity index (χ4n) is 2.93. The zero-order chi connectivity index (χ0) is 24.5. The van der Waals surface area contributed by atoms with Crippen molar-refractivity contribution in [2.45, 2.75) is 50.8 Å². The first-order valence-corrected chi connectivity index (χ1v) is 12.2. The van der Waals surface area contributed by atoms with E-state index in [0.29, 0.717) is 29.4 Å². The quantitative estimate of drug-likeness (QED) is 0.387. The van der Waals surface area contributed by atoms with E-state index in [9.17, 15) is 13.2 Å². The first-order chi connectivity index (χ1) is 15.6. The lowest BCUT2D eigenvalue weighted by Gasteiger charge is -2.23. The molecule has 0 fully saturated rings. The van der Waals surface area contributed by atoms with E-state index in [1.807, 2.05) is 26.8 Å². The van der Waals surface area contributed by atoms with E-state index in [-0.39, 0.29) is 17.4 Å². The van der Waals surface area contributed by atoms with Gasteiger partial charge in [0.2, 0.25) is 9.84 Å². The summed E-state index contributed by atoms with van der Waals surface area (Å²) < 4.78 is 36.2. The Kier molecular flexibility index (Phi) is 9.06. The van der Waals surface area contributed by atoms with Crippen molar-refractivity contribution in [2.24, 2.45) is 0 Å². The number of hydrogen-bond donors (Lipinski definition) is 1. The van der Waals surface area contributed by atoms with Crippen molar-refractivity contribution in [3.63, 3.8) is 0 Å². The Morgan fingerprint density at radius 1 is 1.15 bits per heavy atom. The predicted octanol–water partition coefficient (Wildman–Crippen LogP) is 4.99. The van der Waals surface area contributed by atoms with Crippen molar-refractivity contribution >= 4 is 21.4 Å². The summed E-state index contributed by atoms with van der Waals surface area (Å²) in [5.41, 5.74) is 0.785. The van der Waals surface area contributed by atoms with Crippen LogP contribution >= 0.6 is 0 Å². The second-order valence-corrected chi connectivity index (χ2v) is 10.3. The van der Waals surface area contributed by atoms with Gasteiger partial charge in [0.25, 0.3) is 5.91 Å². The number of nitriles is 1. The van der Waals surface area contributed by atoms with Gasteiger partial charge < -0.3 is 14.8 Å². The molecule has 0 bridgehead atoms. The Morgan fingerprint density at radius 3 is 2.58 bits per heavy atom. The van der Waals surface area contributed by atoms with Gasteiger partial charge in [0, 0.05) is 28.8 Å². The fourth-order valence-corrected chi connectivity index (χ4v) is 3.87. The molecule has 7 nitrogen and oxygen atoms in total. The normalized spacial score (nSPS) is 11.7. The molecule has 0 spiro atoms. The molecule has 0 aromatic heterocycles. The Hall–Kier alpha value is -3.31. The highest BCUT2D eigenvalue weighted by Gasteiger charge is 2.23. The van der Waals surface area contributed by atoms with Gasteiger partial charge in [0.15, 0.2) is 6.61 Å². The molecule has 1 amide bonds. The van der Waals surface area contributed by atoms with E-state index in [1.54, 1.807) is 24.3 Å². The molecular formula is C25H30N2O5S. The van der Waals surface area contributed by atoms with Gasteiger partial charge >= 0.3 is 0 Å². The molecule has 2 aromatic carbocycles. The molecule has 2 rings (SSSR count). The number of carbonyl (C=O) groups excluding carboxylic acids is 1. The van der Waals surface area contributed by atoms with E-state index >= 15 is 0 Å². The number of benzene rings is 2. The minimum absolute atomic E-state index is 0.0515. The molecule has 8 heteroatoms. The lowest BCUT2D eigenvalue weighted by atomic mass is 9.86. The summed E-state index contributed by atoms with van der Waals surface area (Å²) in [4.78, 5) is 12.5. The maximum absolute atomic E-state index is 12.5. The molecule has 0 aliphatic rings. The molecule has 176 valence electrons. The molecule has 0 aliphatic heterocycles. The second kappa shape index (κ2) is 11.5. The highest BCUT2D eigenvalue weighted by Crippen LogP contribution is 2.34. The summed E-state index contributed by atoms with van der Waals surface area (Å²) in [6.07, 6.45) is 2.91. The number of anilines is 1. The zero-order valence-electron chi connectivity index (χ0n) is 19.4. The van der Waals surface area contributed by atoms with Gasteiger partial charge in [-0.15, -0.1) is 0 Å². The monoisotopic (exact) mass is 470 g/mol. The molecule has 0 atom stereocenters.